The number of nitrogens with one attached hydrogen (secondary N) is 1. The summed E-state index contributed by atoms with van der Waals surface area (Å²) in [5.41, 5.74) is 1.10. The van der Waals surface area contributed by atoms with Crippen molar-refractivity contribution in [3.63, 3.8) is 0 Å². The van der Waals surface area contributed by atoms with Gasteiger partial charge in [0.2, 0.25) is 11.8 Å². The van der Waals surface area contributed by atoms with Gasteiger partial charge in [-0.25, -0.2) is 0 Å². The molecule has 1 saturated heterocycles. The standard InChI is InChI=1S/C18H26N2O4/c1-4-17(21)19-11-14-10-18(22)20(12-14)8-7-13-5-6-15(23-2)16(9-13)24-3/h5-6,9,14H,4,7-8,10-12H2,1-3H3,(H,19,21). The highest BCUT2D eigenvalue weighted by Gasteiger charge is 2.29. The van der Waals surface area contributed by atoms with Gasteiger partial charge in [0.1, 0.15) is 0 Å². The summed E-state index contributed by atoms with van der Waals surface area (Å²) in [4.78, 5) is 25.3. The topological polar surface area (TPSA) is 67.9 Å². The molecule has 24 heavy (non-hydrogen) atoms. The number of carbonyl (C=O) groups excluding carboxylic acids is 2. The molecule has 0 spiro atoms. The molecule has 1 atom stereocenters. The summed E-state index contributed by atoms with van der Waals surface area (Å²) in [5.74, 6) is 1.80. The van der Waals surface area contributed by atoms with Crippen molar-refractivity contribution in [2.24, 2.45) is 5.92 Å². The highest BCUT2D eigenvalue weighted by atomic mass is 16.5. The molecule has 2 amide bonds. The zero-order chi connectivity index (χ0) is 17.5. The van der Waals surface area contributed by atoms with Gasteiger partial charge in [-0.2, -0.15) is 0 Å². The molecule has 0 aliphatic carbocycles. The summed E-state index contributed by atoms with van der Waals surface area (Å²) in [6.07, 6.45) is 1.75. The Hall–Kier alpha value is -2.24. The molecule has 0 aromatic heterocycles. The number of carbonyl (C=O) groups is 2. The number of hydrogen-bond acceptors (Lipinski definition) is 4. The first kappa shape index (κ1) is 18.1. The predicted octanol–water partition coefficient (Wildman–Crippen LogP) is 1.62. The molecule has 2 rings (SSSR count). The first-order valence-corrected chi connectivity index (χ1v) is 8.32. The molecule has 1 unspecified atom stereocenters. The molecule has 6 nitrogen and oxygen atoms in total. The van der Waals surface area contributed by atoms with Crippen LogP contribution in [0.1, 0.15) is 25.3 Å². The van der Waals surface area contributed by atoms with Gasteiger partial charge in [0.15, 0.2) is 11.5 Å². The quantitative estimate of drug-likeness (QED) is 0.784. The summed E-state index contributed by atoms with van der Waals surface area (Å²) in [6.45, 7) is 3.78. The van der Waals surface area contributed by atoms with E-state index in [0.29, 0.717) is 44.0 Å². The van der Waals surface area contributed by atoms with Crippen molar-refractivity contribution in [1.82, 2.24) is 10.2 Å². The van der Waals surface area contributed by atoms with Crippen molar-refractivity contribution >= 4 is 11.8 Å². The van der Waals surface area contributed by atoms with Crippen LogP contribution in [-0.2, 0) is 16.0 Å². The van der Waals surface area contributed by atoms with Crippen molar-refractivity contribution in [2.75, 3.05) is 33.9 Å². The van der Waals surface area contributed by atoms with Crippen LogP contribution in [0, 0.1) is 5.92 Å². The van der Waals surface area contributed by atoms with Gasteiger partial charge in [0.05, 0.1) is 14.2 Å². The Bertz CT molecular complexity index is 588. The lowest BCUT2D eigenvalue weighted by atomic mass is 10.1. The van der Waals surface area contributed by atoms with Gasteiger partial charge < -0.3 is 19.7 Å². The van der Waals surface area contributed by atoms with E-state index in [4.69, 9.17) is 9.47 Å². The molecule has 1 aliphatic rings. The number of ether oxygens (including phenoxy) is 2. The van der Waals surface area contributed by atoms with E-state index >= 15 is 0 Å². The molecule has 1 aromatic rings. The fourth-order valence-electron chi connectivity index (χ4n) is 2.89. The van der Waals surface area contributed by atoms with Crippen molar-refractivity contribution in [2.45, 2.75) is 26.2 Å². The van der Waals surface area contributed by atoms with E-state index in [2.05, 4.69) is 5.32 Å². The molecule has 132 valence electrons. The van der Waals surface area contributed by atoms with Crippen LogP contribution in [0.2, 0.25) is 0 Å². The monoisotopic (exact) mass is 334 g/mol. The molecule has 0 radical (unpaired) electrons. The Morgan fingerprint density at radius 3 is 2.71 bits per heavy atom. The molecule has 0 bridgehead atoms. The van der Waals surface area contributed by atoms with E-state index < -0.39 is 0 Å². The maximum atomic E-state index is 12.1. The smallest absolute Gasteiger partial charge is 0.223 e. The highest BCUT2D eigenvalue weighted by molar-refractivity contribution is 5.79. The Labute approximate surface area is 143 Å². The van der Waals surface area contributed by atoms with Gasteiger partial charge in [-0.05, 0) is 24.1 Å². The molecular weight excluding hydrogens is 308 g/mol. The van der Waals surface area contributed by atoms with E-state index in [-0.39, 0.29) is 17.7 Å². The first-order chi connectivity index (χ1) is 11.6. The maximum Gasteiger partial charge on any atom is 0.223 e. The van der Waals surface area contributed by atoms with Crippen LogP contribution < -0.4 is 14.8 Å². The minimum atomic E-state index is 0.0335. The van der Waals surface area contributed by atoms with Crippen LogP contribution in [0.15, 0.2) is 18.2 Å². The largest absolute Gasteiger partial charge is 0.493 e. The Balaban J connectivity index is 1.86. The van der Waals surface area contributed by atoms with E-state index in [1.807, 2.05) is 30.0 Å². The number of methoxy groups -OCH3 is 2. The van der Waals surface area contributed by atoms with Crippen molar-refractivity contribution in [3.05, 3.63) is 23.8 Å². The first-order valence-electron chi connectivity index (χ1n) is 8.32. The lowest BCUT2D eigenvalue weighted by Crippen LogP contribution is -2.31. The van der Waals surface area contributed by atoms with Gasteiger partial charge >= 0.3 is 0 Å². The number of nitrogens with zero attached hydrogens (tertiary/aromatic N) is 1. The average molecular weight is 334 g/mol. The predicted molar refractivity (Wildman–Crippen MR) is 91.2 cm³/mol. The fourth-order valence-corrected chi connectivity index (χ4v) is 2.89. The number of amides is 2. The van der Waals surface area contributed by atoms with Crippen LogP contribution in [0.3, 0.4) is 0 Å². The number of likely N-dealkylation sites (tertiary alicyclic amines) is 1. The third-order valence-corrected chi connectivity index (χ3v) is 4.32. The number of rotatable bonds is 8. The molecule has 1 aliphatic heterocycles. The Kier molecular flexibility index (Phi) is 6.46. The summed E-state index contributed by atoms with van der Waals surface area (Å²) in [7, 11) is 3.22. The second-order valence-electron chi connectivity index (χ2n) is 6.01. The Morgan fingerprint density at radius 1 is 1.29 bits per heavy atom. The normalized spacial score (nSPS) is 17.0. The lowest BCUT2D eigenvalue weighted by Gasteiger charge is -2.17. The van der Waals surface area contributed by atoms with E-state index in [9.17, 15) is 9.59 Å². The summed E-state index contributed by atoms with van der Waals surface area (Å²) >= 11 is 0. The van der Waals surface area contributed by atoms with Gasteiger partial charge in [-0.15, -0.1) is 0 Å². The average Bonchev–Trinajstić information content (AvgIpc) is 2.97. The molecule has 0 saturated carbocycles. The third-order valence-electron chi connectivity index (χ3n) is 4.32. The molecule has 1 heterocycles. The molecular formula is C18H26N2O4. The van der Waals surface area contributed by atoms with Crippen LogP contribution >= 0.6 is 0 Å². The molecule has 1 fully saturated rings. The second-order valence-corrected chi connectivity index (χ2v) is 6.01. The Morgan fingerprint density at radius 2 is 2.04 bits per heavy atom. The van der Waals surface area contributed by atoms with Crippen molar-refractivity contribution in [1.29, 1.82) is 0 Å². The van der Waals surface area contributed by atoms with E-state index in [1.165, 1.54) is 0 Å². The molecule has 1 aromatic carbocycles. The van der Waals surface area contributed by atoms with E-state index in [0.717, 1.165) is 12.0 Å². The number of hydrogen-bond donors (Lipinski definition) is 1. The van der Waals surface area contributed by atoms with E-state index in [1.54, 1.807) is 14.2 Å². The van der Waals surface area contributed by atoms with Crippen molar-refractivity contribution in [3.8, 4) is 11.5 Å². The molecule has 1 N–H and O–H groups in total. The highest BCUT2D eigenvalue weighted by Crippen LogP contribution is 2.28. The van der Waals surface area contributed by atoms with Crippen LogP contribution in [0.5, 0.6) is 11.5 Å². The van der Waals surface area contributed by atoms with Gasteiger partial charge in [-0.3, -0.25) is 9.59 Å². The van der Waals surface area contributed by atoms with Gasteiger partial charge in [0.25, 0.3) is 0 Å². The zero-order valence-electron chi connectivity index (χ0n) is 14.6. The second kappa shape index (κ2) is 8.57. The van der Waals surface area contributed by atoms with Crippen LogP contribution in [-0.4, -0.2) is 50.6 Å². The van der Waals surface area contributed by atoms with Crippen molar-refractivity contribution < 1.29 is 19.1 Å². The SMILES string of the molecule is CCC(=O)NCC1CC(=O)N(CCc2ccc(OC)c(OC)c2)C1. The third kappa shape index (κ3) is 4.63. The summed E-state index contributed by atoms with van der Waals surface area (Å²) in [6, 6.07) is 5.81. The zero-order valence-corrected chi connectivity index (χ0v) is 14.6. The minimum absolute atomic E-state index is 0.0335. The fraction of sp³-hybridized carbons (Fsp3) is 0.556. The van der Waals surface area contributed by atoms with Crippen LogP contribution in [0.4, 0.5) is 0 Å². The summed E-state index contributed by atoms with van der Waals surface area (Å²) < 4.78 is 10.5. The minimum Gasteiger partial charge on any atom is -0.493 e. The maximum absolute atomic E-state index is 12.1. The molecule has 6 heteroatoms. The van der Waals surface area contributed by atoms with Gasteiger partial charge in [-0.1, -0.05) is 13.0 Å². The number of benzene rings is 1. The van der Waals surface area contributed by atoms with Gasteiger partial charge in [0, 0.05) is 38.4 Å². The summed E-state index contributed by atoms with van der Waals surface area (Å²) in [5, 5.41) is 2.87. The lowest BCUT2D eigenvalue weighted by molar-refractivity contribution is -0.127. The van der Waals surface area contributed by atoms with Crippen LogP contribution in [0.25, 0.3) is 0 Å².